The standard InChI is InChI=1S/C25H27Cl2F3N6O4S/c1-6-12(3)19(20(27)21(31-5)33-11-18(37)40-7-2)23(39)35-13(4)24-34-10-16(41-24)22(38)36-17-8-14(25(28,29)30)15(26)9-32-17/h8-10,13H,3,6-7,11H2,1-2,4-5H3,(H,31,33)(H,35,39)(H,32,36,38)/b20-19-. The molecular formula is C25H27Cl2F3N6O4S. The number of carbonyl (C=O) groups is 3. The molecule has 0 aliphatic rings. The number of esters is 1. The number of hydrogen-bond donors (Lipinski definition) is 3. The fourth-order valence-electron chi connectivity index (χ4n) is 3.16. The molecule has 3 N–H and O–H groups in total. The monoisotopic (exact) mass is 634 g/mol. The van der Waals surface area contributed by atoms with Crippen molar-refractivity contribution in [3.8, 4) is 0 Å². The van der Waals surface area contributed by atoms with Crippen molar-refractivity contribution in [1.29, 1.82) is 0 Å². The molecule has 2 aromatic rings. The van der Waals surface area contributed by atoms with Crippen molar-refractivity contribution in [3.63, 3.8) is 0 Å². The van der Waals surface area contributed by atoms with Crippen molar-refractivity contribution in [2.24, 2.45) is 4.99 Å². The van der Waals surface area contributed by atoms with Gasteiger partial charge in [0, 0.05) is 13.2 Å². The SMILES string of the molecule is C=C(CC)/C(C(=O)NC(C)c1ncc(C(=O)Nc2cc(C(F)(F)F)c(Cl)cn2)s1)=C(/Cl)C(=NC)NCC(=O)OCC. The third-order valence-corrected chi connectivity index (χ3v) is 7.08. The van der Waals surface area contributed by atoms with Gasteiger partial charge >= 0.3 is 12.1 Å². The van der Waals surface area contributed by atoms with Gasteiger partial charge in [-0.2, -0.15) is 13.2 Å². The molecule has 2 amide bonds. The Morgan fingerprint density at radius 3 is 2.49 bits per heavy atom. The van der Waals surface area contributed by atoms with Gasteiger partial charge in [-0.3, -0.25) is 19.4 Å². The smallest absolute Gasteiger partial charge is 0.418 e. The summed E-state index contributed by atoms with van der Waals surface area (Å²) in [5, 5.41) is 7.40. The Hall–Kier alpha value is -3.49. The van der Waals surface area contributed by atoms with E-state index in [1.54, 1.807) is 20.8 Å². The highest BCUT2D eigenvalue weighted by Crippen LogP contribution is 2.35. The van der Waals surface area contributed by atoms with Gasteiger partial charge < -0.3 is 20.7 Å². The molecule has 0 aliphatic carbocycles. The first-order valence-corrected chi connectivity index (χ1v) is 13.6. The summed E-state index contributed by atoms with van der Waals surface area (Å²) in [6.07, 6.45) is -2.35. The van der Waals surface area contributed by atoms with E-state index in [9.17, 15) is 27.6 Å². The molecule has 2 rings (SSSR count). The van der Waals surface area contributed by atoms with Crippen molar-refractivity contribution < 1.29 is 32.3 Å². The fraction of sp³-hybridized carbons (Fsp3) is 0.360. The van der Waals surface area contributed by atoms with E-state index in [2.05, 4.69) is 37.5 Å². The van der Waals surface area contributed by atoms with Gasteiger partial charge in [0.15, 0.2) is 0 Å². The van der Waals surface area contributed by atoms with E-state index in [4.69, 9.17) is 27.9 Å². The first kappa shape index (κ1) is 33.7. The van der Waals surface area contributed by atoms with Crippen LogP contribution in [-0.4, -0.2) is 53.8 Å². The number of rotatable bonds is 11. The molecule has 0 fully saturated rings. The zero-order valence-electron chi connectivity index (χ0n) is 22.4. The maximum Gasteiger partial charge on any atom is 0.418 e. The van der Waals surface area contributed by atoms with Gasteiger partial charge in [0.1, 0.15) is 28.1 Å². The van der Waals surface area contributed by atoms with Crippen LogP contribution in [0.4, 0.5) is 19.0 Å². The van der Waals surface area contributed by atoms with Crippen LogP contribution in [0.2, 0.25) is 5.02 Å². The molecule has 222 valence electrons. The molecule has 0 saturated carbocycles. The lowest BCUT2D eigenvalue weighted by Gasteiger charge is -2.17. The Morgan fingerprint density at radius 1 is 1.22 bits per heavy atom. The van der Waals surface area contributed by atoms with E-state index in [-0.39, 0.29) is 40.3 Å². The Morgan fingerprint density at radius 2 is 1.90 bits per heavy atom. The zero-order chi connectivity index (χ0) is 30.9. The molecule has 0 radical (unpaired) electrons. The van der Waals surface area contributed by atoms with Crippen LogP contribution in [0.15, 0.2) is 46.2 Å². The lowest BCUT2D eigenvalue weighted by Crippen LogP contribution is -2.34. The normalized spacial score (nSPS) is 13.1. The molecule has 0 spiro atoms. The van der Waals surface area contributed by atoms with E-state index >= 15 is 0 Å². The fourth-order valence-corrected chi connectivity index (χ4v) is 4.56. The highest BCUT2D eigenvalue weighted by molar-refractivity contribution is 7.13. The number of ether oxygens (including phenoxy) is 1. The third kappa shape index (κ3) is 9.26. The Bertz CT molecular complexity index is 1380. The highest BCUT2D eigenvalue weighted by Gasteiger charge is 2.34. The number of hydrogen-bond acceptors (Lipinski definition) is 8. The molecule has 0 aliphatic heterocycles. The van der Waals surface area contributed by atoms with E-state index in [0.717, 1.165) is 17.5 Å². The maximum absolute atomic E-state index is 13.3. The lowest BCUT2D eigenvalue weighted by molar-refractivity contribution is -0.141. The minimum atomic E-state index is -4.73. The molecule has 16 heteroatoms. The summed E-state index contributed by atoms with van der Waals surface area (Å²) < 4.78 is 44.2. The van der Waals surface area contributed by atoms with E-state index in [1.165, 1.54) is 13.2 Å². The van der Waals surface area contributed by atoms with Gasteiger partial charge in [-0.1, -0.05) is 36.7 Å². The summed E-state index contributed by atoms with van der Waals surface area (Å²) in [6.45, 7) is 8.92. The topological polar surface area (TPSA) is 135 Å². The first-order valence-electron chi connectivity index (χ1n) is 12.0. The lowest BCUT2D eigenvalue weighted by atomic mass is 10.0. The van der Waals surface area contributed by atoms with Crippen LogP contribution in [0.5, 0.6) is 0 Å². The number of nitrogens with zero attached hydrogens (tertiary/aromatic N) is 3. The van der Waals surface area contributed by atoms with Gasteiger partial charge in [-0.15, -0.1) is 11.3 Å². The molecule has 2 heterocycles. The predicted molar refractivity (Wildman–Crippen MR) is 151 cm³/mol. The quantitative estimate of drug-likeness (QED) is 0.101. The molecule has 0 aromatic carbocycles. The number of alkyl halides is 3. The van der Waals surface area contributed by atoms with Crippen LogP contribution >= 0.6 is 34.5 Å². The Labute approximate surface area is 248 Å². The average molecular weight is 635 g/mol. The van der Waals surface area contributed by atoms with Crippen LogP contribution in [0, 0.1) is 0 Å². The van der Waals surface area contributed by atoms with Crippen molar-refractivity contribution >= 4 is 64.0 Å². The second-order valence-corrected chi connectivity index (χ2v) is 9.98. The minimum absolute atomic E-state index is 0.0294. The molecule has 1 atom stereocenters. The second-order valence-electron chi connectivity index (χ2n) is 8.14. The van der Waals surface area contributed by atoms with Crippen LogP contribution in [0.1, 0.15) is 53.5 Å². The van der Waals surface area contributed by atoms with Gasteiger partial charge in [-0.05, 0) is 31.9 Å². The number of pyridine rings is 1. The van der Waals surface area contributed by atoms with Gasteiger partial charge in [0.2, 0.25) is 0 Å². The number of halogens is 5. The van der Waals surface area contributed by atoms with Crippen LogP contribution < -0.4 is 16.0 Å². The number of aliphatic imine (C=N–C) groups is 1. The summed E-state index contributed by atoms with van der Waals surface area (Å²) in [6, 6.07) is -0.0863. The molecular weight excluding hydrogens is 608 g/mol. The number of thiazole rings is 1. The Kier molecular flexibility index (Phi) is 12.3. The van der Waals surface area contributed by atoms with Crippen molar-refractivity contribution in [1.82, 2.24) is 20.6 Å². The van der Waals surface area contributed by atoms with E-state index in [0.29, 0.717) is 23.1 Å². The molecule has 10 nitrogen and oxygen atoms in total. The van der Waals surface area contributed by atoms with Crippen molar-refractivity contribution in [2.45, 2.75) is 39.4 Å². The number of amidine groups is 1. The zero-order valence-corrected chi connectivity index (χ0v) is 24.7. The average Bonchev–Trinajstić information content (AvgIpc) is 3.40. The number of amides is 2. The van der Waals surface area contributed by atoms with Gasteiger partial charge in [0.05, 0.1) is 40.0 Å². The molecule has 0 bridgehead atoms. The molecule has 0 saturated heterocycles. The number of aromatic nitrogens is 2. The van der Waals surface area contributed by atoms with Gasteiger partial charge in [0.25, 0.3) is 11.8 Å². The van der Waals surface area contributed by atoms with Crippen LogP contribution in [-0.2, 0) is 20.5 Å². The minimum Gasteiger partial charge on any atom is -0.465 e. The van der Waals surface area contributed by atoms with Crippen molar-refractivity contribution in [3.05, 3.63) is 61.7 Å². The summed E-state index contributed by atoms with van der Waals surface area (Å²) >= 11 is 13.0. The van der Waals surface area contributed by atoms with Crippen LogP contribution in [0.25, 0.3) is 0 Å². The maximum atomic E-state index is 13.3. The Balaban J connectivity index is 2.20. The number of nitrogens with one attached hydrogen (secondary N) is 3. The number of carbonyl (C=O) groups excluding carboxylic acids is 3. The number of anilines is 1. The van der Waals surface area contributed by atoms with Gasteiger partial charge in [-0.25, -0.2) is 9.97 Å². The summed E-state index contributed by atoms with van der Waals surface area (Å²) in [5.74, 6) is -2.18. The summed E-state index contributed by atoms with van der Waals surface area (Å²) in [4.78, 5) is 49.5. The molecule has 2 aromatic heterocycles. The van der Waals surface area contributed by atoms with Crippen LogP contribution in [0.3, 0.4) is 0 Å². The third-order valence-electron chi connectivity index (χ3n) is 5.23. The highest BCUT2D eigenvalue weighted by atomic mass is 35.5. The van der Waals surface area contributed by atoms with Crippen molar-refractivity contribution in [2.75, 3.05) is 25.5 Å². The molecule has 41 heavy (non-hydrogen) atoms. The molecule has 1 unspecified atom stereocenters. The largest absolute Gasteiger partial charge is 0.465 e. The first-order chi connectivity index (χ1) is 19.2. The van der Waals surface area contributed by atoms with E-state index < -0.39 is 40.6 Å². The predicted octanol–water partition coefficient (Wildman–Crippen LogP) is 5.28. The second kappa shape index (κ2) is 14.9. The summed E-state index contributed by atoms with van der Waals surface area (Å²) in [7, 11) is 1.42. The van der Waals surface area contributed by atoms with E-state index in [1.807, 2.05) is 0 Å². The summed E-state index contributed by atoms with van der Waals surface area (Å²) in [5.41, 5.74) is -0.720.